The molecule has 1 atom stereocenters. The molecule has 3 heterocycles. The van der Waals surface area contributed by atoms with Gasteiger partial charge in [-0.2, -0.15) is 0 Å². The van der Waals surface area contributed by atoms with E-state index in [1.807, 2.05) is 32.0 Å². The highest BCUT2D eigenvalue weighted by atomic mass is 32.1. The van der Waals surface area contributed by atoms with E-state index in [-0.39, 0.29) is 12.4 Å². The Labute approximate surface area is 246 Å². The van der Waals surface area contributed by atoms with Crippen LogP contribution in [0.15, 0.2) is 54.6 Å². The van der Waals surface area contributed by atoms with E-state index in [2.05, 4.69) is 48.2 Å². The molecule has 0 radical (unpaired) electrons. The van der Waals surface area contributed by atoms with Crippen LogP contribution in [0, 0.1) is 6.92 Å². The molecule has 0 spiro atoms. The van der Waals surface area contributed by atoms with Crippen LogP contribution in [0.1, 0.15) is 66.9 Å². The summed E-state index contributed by atoms with van der Waals surface area (Å²) >= 11 is 1.67. The molecule has 41 heavy (non-hydrogen) atoms. The third kappa shape index (κ3) is 5.87. The second-order valence-corrected chi connectivity index (χ2v) is 12.3. The van der Waals surface area contributed by atoms with E-state index in [0.29, 0.717) is 13.2 Å². The number of hydrogen-bond donors (Lipinski definition) is 1. The van der Waals surface area contributed by atoms with Gasteiger partial charge in [0.1, 0.15) is 17.6 Å². The molecule has 6 nitrogen and oxygen atoms in total. The molecule has 3 aromatic carbocycles. The molecule has 1 aromatic heterocycles. The Morgan fingerprint density at radius 2 is 1.78 bits per heavy atom. The number of thiophene rings is 1. The molecule has 2 aliphatic rings. The summed E-state index contributed by atoms with van der Waals surface area (Å²) in [6.45, 7) is 10.4. The minimum absolute atomic E-state index is 0.0783. The number of aryl methyl sites for hydroxylation is 1. The lowest BCUT2D eigenvalue weighted by Gasteiger charge is -2.20. The molecule has 1 unspecified atom stereocenters. The topological polar surface area (TPSA) is 60.4 Å². The Balaban J connectivity index is 1.44. The van der Waals surface area contributed by atoms with Gasteiger partial charge in [0.15, 0.2) is 6.29 Å². The van der Waals surface area contributed by atoms with Gasteiger partial charge in [-0.15, -0.1) is 11.3 Å². The minimum atomic E-state index is -0.839. The summed E-state index contributed by atoms with van der Waals surface area (Å²) in [4.78, 5) is 3.48. The number of nitrogens with zero attached hydrogens (tertiary/aromatic N) is 1. The fourth-order valence-corrected chi connectivity index (χ4v) is 7.17. The molecule has 1 N–H and O–H groups in total. The van der Waals surface area contributed by atoms with Crippen LogP contribution < -0.4 is 9.47 Å². The van der Waals surface area contributed by atoms with Gasteiger partial charge < -0.3 is 24.1 Å². The van der Waals surface area contributed by atoms with Crippen molar-refractivity contribution in [2.45, 2.75) is 58.7 Å². The third-order valence-corrected chi connectivity index (χ3v) is 9.20. The van der Waals surface area contributed by atoms with E-state index in [0.717, 1.165) is 79.5 Å². The van der Waals surface area contributed by atoms with Crippen molar-refractivity contribution in [3.63, 3.8) is 0 Å². The first-order valence-corrected chi connectivity index (χ1v) is 15.4. The van der Waals surface area contributed by atoms with Gasteiger partial charge in [-0.25, -0.2) is 0 Å². The van der Waals surface area contributed by atoms with Gasteiger partial charge in [-0.1, -0.05) is 24.3 Å². The fraction of sp³-hybridized carbons (Fsp3) is 0.412. The van der Waals surface area contributed by atoms with Crippen LogP contribution in [-0.2, 0) is 16.0 Å². The summed E-state index contributed by atoms with van der Waals surface area (Å²) in [7, 11) is 1.71. The van der Waals surface area contributed by atoms with Gasteiger partial charge in [0.25, 0.3) is 0 Å². The van der Waals surface area contributed by atoms with Crippen LogP contribution in [0.5, 0.6) is 11.5 Å². The highest BCUT2D eigenvalue weighted by molar-refractivity contribution is 7.22. The molecule has 0 aliphatic carbocycles. The van der Waals surface area contributed by atoms with Crippen molar-refractivity contribution >= 4 is 21.4 Å². The quantitative estimate of drug-likeness (QED) is 0.225. The zero-order valence-electron chi connectivity index (χ0n) is 24.3. The van der Waals surface area contributed by atoms with E-state index in [1.54, 1.807) is 18.4 Å². The van der Waals surface area contributed by atoms with Crippen LogP contribution in [0.2, 0.25) is 0 Å². The average Bonchev–Trinajstić information content (AvgIpc) is 3.74. The van der Waals surface area contributed by atoms with Crippen LogP contribution in [0.25, 0.3) is 20.5 Å². The smallest absolute Gasteiger partial charge is 0.184 e. The van der Waals surface area contributed by atoms with Gasteiger partial charge in [0.05, 0.1) is 26.4 Å². The SMILES string of the molecule is COc1cc(C(O)c2c(-c3ccc(C)c(C4OCCO4)c3)sc3cc(OC(C)C)ccc23)ccc1CN1CCCC1. The van der Waals surface area contributed by atoms with Crippen molar-refractivity contribution < 1.29 is 24.1 Å². The number of hydrogen-bond acceptors (Lipinski definition) is 7. The lowest BCUT2D eigenvalue weighted by Crippen LogP contribution is -2.18. The molecule has 2 fully saturated rings. The summed E-state index contributed by atoms with van der Waals surface area (Å²) in [6.07, 6.45) is 1.37. The first-order valence-electron chi connectivity index (χ1n) is 14.6. The van der Waals surface area contributed by atoms with Crippen LogP contribution in [0.4, 0.5) is 0 Å². The van der Waals surface area contributed by atoms with Crippen molar-refractivity contribution in [3.8, 4) is 21.9 Å². The Morgan fingerprint density at radius 1 is 1.00 bits per heavy atom. The van der Waals surface area contributed by atoms with Crippen molar-refractivity contribution in [3.05, 3.63) is 82.4 Å². The summed E-state index contributed by atoms with van der Waals surface area (Å²) < 4.78 is 24.6. The lowest BCUT2D eigenvalue weighted by atomic mass is 9.94. The second-order valence-electron chi connectivity index (χ2n) is 11.3. The van der Waals surface area contributed by atoms with Crippen molar-refractivity contribution in [2.75, 3.05) is 33.4 Å². The second kappa shape index (κ2) is 12.1. The number of benzene rings is 3. The maximum absolute atomic E-state index is 12.0. The predicted octanol–water partition coefficient (Wildman–Crippen LogP) is 7.40. The monoisotopic (exact) mass is 573 g/mol. The van der Waals surface area contributed by atoms with Crippen LogP contribution in [0.3, 0.4) is 0 Å². The van der Waals surface area contributed by atoms with Gasteiger partial charge in [-0.3, -0.25) is 4.90 Å². The Hall–Kier alpha value is -2.94. The molecule has 2 aliphatic heterocycles. The molecular formula is C34H39NO5S. The number of fused-ring (bicyclic) bond motifs is 1. The van der Waals surface area contributed by atoms with E-state index in [1.165, 1.54) is 12.8 Å². The summed E-state index contributed by atoms with van der Waals surface area (Å²) in [5.74, 6) is 1.64. The first-order chi connectivity index (χ1) is 19.9. The molecule has 6 rings (SSSR count). The molecule has 2 saturated heterocycles. The standard InChI is InChI=1S/C34H39NO5S/c1-21(2)40-26-11-12-27-30(19-26)41-33(24-8-7-22(3)28(17-24)34-38-15-16-39-34)31(27)32(36)23-9-10-25(29(18-23)37-4)20-35-13-5-6-14-35/h7-12,17-19,21,32,34,36H,5-6,13-16,20H2,1-4H3. The number of aliphatic hydroxyl groups is 1. The van der Waals surface area contributed by atoms with Crippen molar-refractivity contribution in [2.24, 2.45) is 0 Å². The largest absolute Gasteiger partial charge is 0.496 e. The number of likely N-dealkylation sites (tertiary alicyclic amines) is 1. The van der Waals surface area contributed by atoms with Crippen LogP contribution >= 0.6 is 11.3 Å². The van der Waals surface area contributed by atoms with E-state index < -0.39 is 6.10 Å². The van der Waals surface area contributed by atoms with Gasteiger partial charge >= 0.3 is 0 Å². The molecule has 216 valence electrons. The molecule has 0 saturated carbocycles. The average molecular weight is 574 g/mol. The first kappa shape index (κ1) is 28.2. The Morgan fingerprint density at radius 3 is 2.51 bits per heavy atom. The molecule has 0 amide bonds. The zero-order chi connectivity index (χ0) is 28.5. The van der Waals surface area contributed by atoms with Crippen molar-refractivity contribution in [1.29, 1.82) is 0 Å². The number of aliphatic hydroxyl groups excluding tert-OH is 1. The van der Waals surface area contributed by atoms with Gasteiger partial charge in [0.2, 0.25) is 0 Å². The maximum Gasteiger partial charge on any atom is 0.184 e. The molecular weight excluding hydrogens is 534 g/mol. The van der Waals surface area contributed by atoms with E-state index >= 15 is 0 Å². The fourth-order valence-electron chi connectivity index (χ4n) is 5.91. The minimum Gasteiger partial charge on any atom is -0.496 e. The molecule has 7 heteroatoms. The Bertz CT molecular complexity index is 1520. The predicted molar refractivity (Wildman–Crippen MR) is 164 cm³/mol. The van der Waals surface area contributed by atoms with Gasteiger partial charge in [0, 0.05) is 32.8 Å². The molecule has 0 bridgehead atoms. The van der Waals surface area contributed by atoms with Crippen LogP contribution in [-0.4, -0.2) is 49.5 Å². The summed E-state index contributed by atoms with van der Waals surface area (Å²) in [6, 6.07) is 18.7. The number of rotatable bonds is 9. The zero-order valence-corrected chi connectivity index (χ0v) is 25.1. The van der Waals surface area contributed by atoms with Crippen molar-refractivity contribution in [1.82, 2.24) is 4.90 Å². The molecule has 4 aromatic rings. The third-order valence-electron chi connectivity index (χ3n) is 7.98. The highest BCUT2D eigenvalue weighted by Crippen LogP contribution is 2.46. The number of methoxy groups -OCH3 is 1. The van der Waals surface area contributed by atoms with Gasteiger partial charge in [-0.05, 0) is 99.1 Å². The summed E-state index contributed by atoms with van der Waals surface area (Å²) in [5, 5.41) is 13.0. The number of ether oxygens (including phenoxy) is 4. The lowest BCUT2D eigenvalue weighted by molar-refractivity contribution is -0.0445. The highest BCUT2D eigenvalue weighted by Gasteiger charge is 2.26. The maximum atomic E-state index is 12.0. The summed E-state index contributed by atoms with van der Waals surface area (Å²) in [5.41, 5.74) is 6.02. The van der Waals surface area contributed by atoms with E-state index in [4.69, 9.17) is 18.9 Å². The Kier molecular flexibility index (Phi) is 8.33. The normalized spacial score (nSPS) is 17.1. The van der Waals surface area contributed by atoms with E-state index in [9.17, 15) is 5.11 Å².